The number of carbonyl (C=O) groups excluding carboxylic acids is 2. The van der Waals surface area contributed by atoms with Crippen LogP contribution in [0.3, 0.4) is 0 Å². The Morgan fingerprint density at radius 2 is 2.08 bits per heavy atom. The highest BCUT2D eigenvalue weighted by Crippen LogP contribution is 2.36. The van der Waals surface area contributed by atoms with Crippen molar-refractivity contribution in [3.8, 4) is 5.75 Å². The molecule has 212 valence electrons. The summed E-state index contributed by atoms with van der Waals surface area (Å²) in [6, 6.07) is 8.83. The van der Waals surface area contributed by atoms with Gasteiger partial charge in [0.15, 0.2) is 5.82 Å². The van der Waals surface area contributed by atoms with E-state index < -0.39 is 18.4 Å². The van der Waals surface area contributed by atoms with Gasteiger partial charge in [0.25, 0.3) is 11.8 Å². The zero-order chi connectivity index (χ0) is 28.3. The quantitative estimate of drug-likeness (QED) is 0.419. The lowest BCUT2D eigenvalue weighted by molar-refractivity contribution is -0.140. The summed E-state index contributed by atoms with van der Waals surface area (Å²) in [7, 11) is 2.77. The number of amides is 2. The van der Waals surface area contributed by atoms with Gasteiger partial charge in [-0.1, -0.05) is 6.07 Å². The highest BCUT2D eigenvalue weighted by atomic mass is 32.1. The Morgan fingerprint density at radius 3 is 2.80 bits per heavy atom. The van der Waals surface area contributed by atoms with Crippen molar-refractivity contribution in [1.82, 2.24) is 15.3 Å². The third-order valence-electron chi connectivity index (χ3n) is 6.89. The van der Waals surface area contributed by atoms with Crippen molar-refractivity contribution in [2.75, 3.05) is 55.6 Å². The number of anilines is 4. The molecule has 10 nitrogen and oxygen atoms in total. The van der Waals surface area contributed by atoms with Gasteiger partial charge in [-0.2, -0.15) is 13.8 Å². The Balaban J connectivity index is 1.39. The smallest absolute Gasteiger partial charge is 0.342 e. The number of carbonyl (C=O) groups is 2. The van der Waals surface area contributed by atoms with Crippen molar-refractivity contribution in [3.63, 3.8) is 0 Å². The maximum atomic E-state index is 14.8. The zero-order valence-electron chi connectivity index (χ0n) is 22.2. The summed E-state index contributed by atoms with van der Waals surface area (Å²) in [5, 5.41) is 8.01. The Hall–Kier alpha value is -3.84. The first-order valence-electron chi connectivity index (χ1n) is 12.9. The molecule has 0 atom stereocenters. The fraction of sp³-hybridized carbons (Fsp3) is 0.407. The molecule has 2 aliphatic rings. The van der Waals surface area contributed by atoms with Gasteiger partial charge in [-0.05, 0) is 48.9 Å². The van der Waals surface area contributed by atoms with Crippen molar-refractivity contribution in [2.24, 2.45) is 0 Å². The molecule has 0 bridgehead atoms. The van der Waals surface area contributed by atoms with Crippen molar-refractivity contribution in [3.05, 3.63) is 52.3 Å². The van der Waals surface area contributed by atoms with E-state index in [1.165, 1.54) is 36.6 Å². The topological polar surface area (TPSA) is 109 Å². The molecule has 0 spiro atoms. The van der Waals surface area contributed by atoms with Crippen molar-refractivity contribution >= 4 is 46.3 Å². The zero-order valence-corrected chi connectivity index (χ0v) is 23.0. The number of hydrogen-bond acceptors (Lipinski definition) is 9. The van der Waals surface area contributed by atoms with Crippen LogP contribution < -0.4 is 25.2 Å². The van der Waals surface area contributed by atoms with Crippen LogP contribution >= 0.6 is 11.3 Å². The van der Waals surface area contributed by atoms with Crippen molar-refractivity contribution < 1.29 is 27.8 Å². The second-order valence-electron chi connectivity index (χ2n) is 9.62. The van der Waals surface area contributed by atoms with Crippen LogP contribution in [0.25, 0.3) is 0 Å². The lowest BCUT2D eigenvalue weighted by atomic mass is 10.1. The van der Waals surface area contributed by atoms with Crippen LogP contribution in [0.4, 0.5) is 31.9 Å². The SMILES string of the molecule is COc1cc(C(=O)NC2CCOCC2)ccc1Nc1ncc2c(n1)N(CCc1cccs1)CC(F)(F)C(=O)N2C. The second-order valence-corrected chi connectivity index (χ2v) is 10.7. The number of thiophene rings is 1. The average Bonchev–Trinajstić information content (AvgIpc) is 3.47. The van der Waals surface area contributed by atoms with Crippen LogP contribution in [-0.2, 0) is 16.0 Å². The van der Waals surface area contributed by atoms with E-state index in [1.807, 2.05) is 17.5 Å². The predicted octanol–water partition coefficient (Wildman–Crippen LogP) is 3.86. The van der Waals surface area contributed by atoms with E-state index in [0.29, 0.717) is 36.6 Å². The lowest BCUT2D eigenvalue weighted by Crippen LogP contribution is -2.46. The summed E-state index contributed by atoms with van der Waals surface area (Å²) in [6.45, 7) is 0.669. The van der Waals surface area contributed by atoms with Crippen LogP contribution in [0.5, 0.6) is 5.75 Å². The molecule has 4 heterocycles. The Morgan fingerprint density at radius 1 is 1.27 bits per heavy atom. The van der Waals surface area contributed by atoms with Crippen LogP contribution in [0, 0.1) is 0 Å². The number of benzene rings is 1. The number of nitrogens with one attached hydrogen (secondary N) is 2. The van der Waals surface area contributed by atoms with E-state index in [0.717, 1.165) is 22.6 Å². The molecule has 2 aliphatic heterocycles. The number of fused-ring (bicyclic) bond motifs is 1. The number of ether oxygens (including phenoxy) is 2. The van der Waals surface area contributed by atoms with E-state index in [2.05, 4.69) is 20.6 Å². The van der Waals surface area contributed by atoms with Crippen LogP contribution in [0.15, 0.2) is 41.9 Å². The van der Waals surface area contributed by atoms with E-state index >= 15 is 0 Å². The molecular weight excluding hydrogens is 542 g/mol. The maximum absolute atomic E-state index is 14.8. The first-order chi connectivity index (χ1) is 19.2. The fourth-order valence-electron chi connectivity index (χ4n) is 4.68. The van der Waals surface area contributed by atoms with Gasteiger partial charge in [-0.3, -0.25) is 9.59 Å². The minimum atomic E-state index is -3.59. The number of alkyl halides is 2. The van der Waals surface area contributed by atoms with Gasteiger partial charge in [-0.25, -0.2) is 4.98 Å². The van der Waals surface area contributed by atoms with Crippen molar-refractivity contribution in [1.29, 1.82) is 0 Å². The number of methoxy groups -OCH3 is 1. The summed E-state index contributed by atoms with van der Waals surface area (Å²) in [6.07, 6.45) is 3.39. The molecule has 40 heavy (non-hydrogen) atoms. The molecule has 0 radical (unpaired) electrons. The maximum Gasteiger partial charge on any atom is 0.342 e. The van der Waals surface area contributed by atoms with E-state index in [1.54, 1.807) is 18.2 Å². The summed E-state index contributed by atoms with van der Waals surface area (Å²) >= 11 is 1.54. The van der Waals surface area contributed by atoms with Gasteiger partial charge >= 0.3 is 5.92 Å². The van der Waals surface area contributed by atoms with Crippen molar-refractivity contribution in [2.45, 2.75) is 31.2 Å². The number of rotatable bonds is 8. The van der Waals surface area contributed by atoms with Gasteiger partial charge in [0.1, 0.15) is 11.4 Å². The van der Waals surface area contributed by atoms with E-state index in [-0.39, 0.29) is 35.9 Å². The summed E-state index contributed by atoms with van der Waals surface area (Å²) in [5.74, 6) is -4.40. The molecule has 13 heteroatoms. The molecule has 1 aromatic carbocycles. The number of halogens is 2. The average molecular weight is 573 g/mol. The largest absolute Gasteiger partial charge is 0.495 e. The molecule has 0 aliphatic carbocycles. The molecule has 0 saturated carbocycles. The molecule has 3 aromatic rings. The number of aromatic nitrogens is 2. The minimum absolute atomic E-state index is 0.0539. The standard InChI is InChI=1S/C27H30F2N6O4S/c1-34-21-15-30-26(33-23(21)35(16-27(28,29)25(34)37)10-7-19-4-3-13-40-19)32-20-6-5-17(14-22(20)38-2)24(36)31-18-8-11-39-12-9-18/h3-6,13-15,18H,7-12,16H2,1-2H3,(H,31,36)(H,30,32,33). The highest BCUT2D eigenvalue weighted by molar-refractivity contribution is 7.09. The Kier molecular flexibility index (Phi) is 8.12. The normalized spacial score (nSPS) is 17.2. The van der Waals surface area contributed by atoms with E-state index in [9.17, 15) is 18.4 Å². The lowest BCUT2D eigenvalue weighted by Gasteiger charge is -2.25. The molecule has 1 saturated heterocycles. The third-order valence-corrected chi connectivity index (χ3v) is 7.83. The van der Waals surface area contributed by atoms with Crippen LogP contribution in [0.1, 0.15) is 28.1 Å². The molecule has 2 amide bonds. The summed E-state index contributed by atoms with van der Waals surface area (Å²) < 4.78 is 40.5. The Labute approximate surface area is 234 Å². The van der Waals surface area contributed by atoms with Gasteiger partial charge in [0.05, 0.1) is 25.5 Å². The van der Waals surface area contributed by atoms with Gasteiger partial charge < -0.3 is 29.9 Å². The molecule has 2 N–H and O–H groups in total. The molecular formula is C27H30F2N6O4S. The third kappa shape index (κ3) is 5.99. The molecule has 2 aromatic heterocycles. The van der Waals surface area contributed by atoms with Crippen LogP contribution in [-0.4, -0.2) is 74.2 Å². The minimum Gasteiger partial charge on any atom is -0.495 e. The monoisotopic (exact) mass is 572 g/mol. The molecule has 1 fully saturated rings. The number of hydrogen-bond donors (Lipinski definition) is 2. The second kappa shape index (κ2) is 11.7. The highest BCUT2D eigenvalue weighted by Gasteiger charge is 2.47. The van der Waals surface area contributed by atoms with Gasteiger partial charge in [0.2, 0.25) is 5.95 Å². The molecule has 5 rings (SSSR count). The first-order valence-corrected chi connectivity index (χ1v) is 13.8. The molecule has 0 unspecified atom stereocenters. The first kappa shape index (κ1) is 27.7. The van der Waals surface area contributed by atoms with Crippen LogP contribution in [0.2, 0.25) is 0 Å². The van der Waals surface area contributed by atoms with Gasteiger partial charge in [-0.15, -0.1) is 11.3 Å². The fourth-order valence-corrected chi connectivity index (χ4v) is 5.38. The summed E-state index contributed by atoms with van der Waals surface area (Å²) in [4.78, 5) is 37.5. The summed E-state index contributed by atoms with van der Waals surface area (Å²) in [5.41, 5.74) is 1.10. The Bertz CT molecular complexity index is 1370. The van der Waals surface area contributed by atoms with E-state index in [4.69, 9.17) is 9.47 Å². The number of nitrogens with zero attached hydrogens (tertiary/aromatic N) is 4. The predicted molar refractivity (Wildman–Crippen MR) is 148 cm³/mol. The van der Waals surface area contributed by atoms with Gasteiger partial charge in [0, 0.05) is 43.3 Å².